The molecule has 6 atom stereocenters. The third-order valence-corrected chi connectivity index (χ3v) is 5.51. The lowest BCUT2D eigenvalue weighted by atomic mass is 9.92. The molecule has 2 aliphatic rings. The van der Waals surface area contributed by atoms with Crippen LogP contribution in [-0.2, 0) is 4.74 Å². The van der Waals surface area contributed by atoms with E-state index in [1.807, 2.05) is 19.0 Å². The van der Waals surface area contributed by atoms with Crippen molar-refractivity contribution in [1.82, 2.24) is 4.90 Å². The van der Waals surface area contributed by atoms with E-state index in [9.17, 15) is 15.3 Å². The van der Waals surface area contributed by atoms with Crippen LogP contribution >= 0.6 is 11.8 Å². The van der Waals surface area contributed by atoms with Crippen LogP contribution in [0.15, 0.2) is 4.99 Å². The number of unbranched alkanes of at least 4 members (excludes halogenated alkanes) is 3. The number of nitrogens with zero attached hydrogens (tertiary/aromatic N) is 2. The minimum Gasteiger partial charge on any atom is -0.390 e. The predicted molar refractivity (Wildman–Crippen MR) is 87.9 cm³/mol. The van der Waals surface area contributed by atoms with Crippen molar-refractivity contribution in [3.63, 3.8) is 0 Å². The highest BCUT2D eigenvalue weighted by Gasteiger charge is 2.50. The summed E-state index contributed by atoms with van der Waals surface area (Å²) in [6.07, 6.45) is 1.22. The van der Waals surface area contributed by atoms with E-state index >= 15 is 0 Å². The normalized spacial score (nSPS) is 35.9. The molecule has 0 spiro atoms. The van der Waals surface area contributed by atoms with Crippen LogP contribution in [0, 0.1) is 0 Å². The first-order valence-corrected chi connectivity index (χ1v) is 8.95. The summed E-state index contributed by atoms with van der Waals surface area (Å²) in [7, 11) is 3.76. The lowest BCUT2D eigenvalue weighted by molar-refractivity contribution is -0.185. The first kappa shape index (κ1) is 18.0. The van der Waals surface area contributed by atoms with Gasteiger partial charge in [0.2, 0.25) is 0 Å². The van der Waals surface area contributed by atoms with E-state index in [0.29, 0.717) is 6.42 Å². The summed E-state index contributed by atoms with van der Waals surface area (Å²) < 4.78 is 5.85. The van der Waals surface area contributed by atoms with E-state index < -0.39 is 30.5 Å². The summed E-state index contributed by atoms with van der Waals surface area (Å²) in [5, 5.41) is 31.6. The number of ether oxygens (including phenoxy) is 1. The lowest BCUT2D eigenvalue weighted by Crippen LogP contribution is -2.58. The van der Waals surface area contributed by atoms with Gasteiger partial charge < -0.3 is 25.0 Å². The average Bonchev–Trinajstić information content (AvgIpc) is 2.91. The topological polar surface area (TPSA) is 85.5 Å². The van der Waals surface area contributed by atoms with Crippen molar-refractivity contribution >= 4 is 16.9 Å². The summed E-state index contributed by atoms with van der Waals surface area (Å²) >= 11 is 1.43. The number of aliphatic hydroxyl groups is 3. The number of fused-ring (bicyclic) bond motifs is 1. The zero-order chi connectivity index (χ0) is 16.3. The van der Waals surface area contributed by atoms with Crippen molar-refractivity contribution in [2.45, 2.75) is 74.9 Å². The Balaban J connectivity index is 1.93. The minimum atomic E-state index is -1.10. The Morgan fingerprint density at radius 3 is 2.59 bits per heavy atom. The van der Waals surface area contributed by atoms with Crippen LogP contribution in [-0.4, -0.2) is 75.4 Å². The van der Waals surface area contributed by atoms with Gasteiger partial charge in [-0.2, -0.15) is 0 Å². The zero-order valence-electron chi connectivity index (χ0n) is 13.6. The molecule has 0 aromatic heterocycles. The molecule has 1 unspecified atom stereocenters. The Kier molecular flexibility index (Phi) is 6.52. The second kappa shape index (κ2) is 7.97. The monoisotopic (exact) mass is 332 g/mol. The smallest absolute Gasteiger partial charge is 0.161 e. The molecule has 0 saturated carbocycles. The second-order valence-corrected chi connectivity index (χ2v) is 7.35. The summed E-state index contributed by atoms with van der Waals surface area (Å²) in [6.45, 7) is 2.14. The SMILES string of the molecule is CCCCCC[C@H](O)C1O[C@@H]2SC(N(C)C)=N[C@@H]2[C@@H](O)[C@@H]1O. The molecular formula is C15H28N2O4S. The molecule has 0 amide bonds. The Morgan fingerprint density at radius 2 is 1.95 bits per heavy atom. The van der Waals surface area contributed by atoms with E-state index in [-0.39, 0.29) is 5.44 Å². The van der Waals surface area contributed by atoms with Crippen LogP contribution in [0.2, 0.25) is 0 Å². The first-order chi connectivity index (χ1) is 10.5. The van der Waals surface area contributed by atoms with Crippen molar-refractivity contribution in [3.8, 4) is 0 Å². The second-order valence-electron chi connectivity index (χ2n) is 6.28. The molecule has 1 saturated heterocycles. The van der Waals surface area contributed by atoms with Gasteiger partial charge in [-0.25, -0.2) is 0 Å². The lowest BCUT2D eigenvalue weighted by Gasteiger charge is -2.40. The molecule has 128 valence electrons. The Labute approximate surface area is 136 Å². The quantitative estimate of drug-likeness (QED) is 0.624. The van der Waals surface area contributed by atoms with Gasteiger partial charge in [0.25, 0.3) is 0 Å². The minimum absolute atomic E-state index is 0.342. The van der Waals surface area contributed by atoms with Crippen molar-refractivity contribution in [3.05, 3.63) is 0 Å². The third kappa shape index (κ3) is 3.94. The van der Waals surface area contributed by atoms with Crippen molar-refractivity contribution < 1.29 is 20.1 Å². The van der Waals surface area contributed by atoms with Crippen molar-refractivity contribution in [2.24, 2.45) is 4.99 Å². The van der Waals surface area contributed by atoms with Gasteiger partial charge in [-0.15, -0.1) is 0 Å². The van der Waals surface area contributed by atoms with E-state index in [4.69, 9.17) is 4.74 Å². The maximum atomic E-state index is 10.3. The molecule has 0 aromatic carbocycles. The van der Waals surface area contributed by atoms with Crippen LogP contribution in [0.4, 0.5) is 0 Å². The van der Waals surface area contributed by atoms with Crippen LogP contribution in [0.1, 0.15) is 39.0 Å². The summed E-state index contributed by atoms with van der Waals surface area (Å²) in [5.41, 5.74) is -0.342. The van der Waals surface area contributed by atoms with Gasteiger partial charge in [0.05, 0.1) is 6.10 Å². The maximum absolute atomic E-state index is 10.3. The van der Waals surface area contributed by atoms with Gasteiger partial charge in [-0.05, 0) is 6.42 Å². The number of aliphatic hydroxyl groups excluding tert-OH is 3. The Morgan fingerprint density at radius 1 is 1.23 bits per heavy atom. The molecule has 0 radical (unpaired) electrons. The summed E-state index contributed by atoms with van der Waals surface area (Å²) in [6, 6.07) is -0.471. The van der Waals surface area contributed by atoms with Crippen molar-refractivity contribution in [2.75, 3.05) is 14.1 Å². The van der Waals surface area contributed by atoms with E-state index in [1.165, 1.54) is 11.8 Å². The van der Waals surface area contributed by atoms with E-state index in [2.05, 4.69) is 11.9 Å². The molecule has 0 aromatic rings. The van der Waals surface area contributed by atoms with Crippen LogP contribution in [0.25, 0.3) is 0 Å². The van der Waals surface area contributed by atoms with Gasteiger partial charge in [-0.1, -0.05) is 44.4 Å². The fourth-order valence-corrected chi connectivity index (χ4v) is 4.00. The largest absolute Gasteiger partial charge is 0.390 e. The van der Waals surface area contributed by atoms with Gasteiger partial charge in [0, 0.05) is 14.1 Å². The van der Waals surface area contributed by atoms with Crippen LogP contribution < -0.4 is 0 Å². The predicted octanol–water partition coefficient (Wildman–Crippen LogP) is 0.797. The number of amidine groups is 1. The molecule has 0 bridgehead atoms. The Bertz CT molecular complexity index is 394. The maximum Gasteiger partial charge on any atom is 0.161 e. The fourth-order valence-electron chi connectivity index (χ4n) is 2.85. The number of aliphatic imine (C=N–C) groups is 1. The van der Waals surface area contributed by atoms with E-state index in [0.717, 1.165) is 30.9 Å². The standard InChI is InChI=1S/C15H28N2O4S/c1-4-5-6-7-8-9(18)13-12(20)11(19)10-14(21-13)22-15(16-10)17(2)3/h9-14,18-20H,4-8H2,1-3H3/t9-,10+,11+,12-,13?,14+/m0/s1. The zero-order valence-corrected chi connectivity index (χ0v) is 14.4. The van der Waals surface area contributed by atoms with Gasteiger partial charge in [0.15, 0.2) is 5.17 Å². The highest BCUT2D eigenvalue weighted by Crippen LogP contribution is 2.38. The van der Waals surface area contributed by atoms with E-state index in [1.54, 1.807) is 0 Å². The van der Waals surface area contributed by atoms with Gasteiger partial charge in [-0.3, -0.25) is 4.99 Å². The molecule has 3 N–H and O–H groups in total. The number of hydrogen-bond acceptors (Lipinski definition) is 7. The highest BCUT2D eigenvalue weighted by molar-refractivity contribution is 8.14. The Hall–Kier alpha value is -0.340. The number of hydrogen-bond donors (Lipinski definition) is 3. The number of thioether (sulfide) groups is 1. The first-order valence-electron chi connectivity index (χ1n) is 8.07. The summed E-state index contributed by atoms with van der Waals surface area (Å²) in [5.74, 6) is 0. The van der Waals surface area contributed by atoms with Gasteiger partial charge >= 0.3 is 0 Å². The highest BCUT2D eigenvalue weighted by atomic mass is 32.2. The molecule has 2 rings (SSSR count). The molecule has 0 aliphatic carbocycles. The van der Waals surface area contributed by atoms with Crippen LogP contribution in [0.3, 0.4) is 0 Å². The molecule has 22 heavy (non-hydrogen) atoms. The fraction of sp³-hybridized carbons (Fsp3) is 0.933. The molecular weight excluding hydrogens is 304 g/mol. The van der Waals surface area contributed by atoms with Crippen molar-refractivity contribution in [1.29, 1.82) is 0 Å². The van der Waals surface area contributed by atoms with Crippen LogP contribution in [0.5, 0.6) is 0 Å². The third-order valence-electron chi connectivity index (χ3n) is 4.20. The number of rotatable bonds is 6. The molecule has 2 heterocycles. The summed E-state index contributed by atoms with van der Waals surface area (Å²) in [4.78, 5) is 6.27. The average molecular weight is 332 g/mol. The molecule has 2 aliphatic heterocycles. The molecule has 1 fully saturated rings. The van der Waals surface area contributed by atoms with Gasteiger partial charge in [0.1, 0.15) is 29.8 Å². The molecule has 7 heteroatoms. The molecule has 6 nitrogen and oxygen atoms in total.